The lowest BCUT2D eigenvalue weighted by atomic mass is 10.6. The minimum Gasteiger partial charge on any atom is -0.274 e. The minimum absolute atomic E-state index is 0.0764. The number of rotatable bonds is 1. The van der Waals surface area contributed by atoms with Crippen LogP contribution < -0.4 is 0 Å². The fraction of sp³-hybridized carbons (Fsp3) is 0.400. The van der Waals surface area contributed by atoms with Crippen LogP contribution in [0.2, 0.25) is 0 Å². The van der Waals surface area contributed by atoms with Crippen molar-refractivity contribution in [3.05, 3.63) is 12.3 Å². The molecule has 1 atom stereocenters. The molecular formula is C5H7BrN2O. The van der Waals surface area contributed by atoms with Crippen molar-refractivity contribution < 1.29 is 4.84 Å². The van der Waals surface area contributed by atoms with Gasteiger partial charge in [-0.25, -0.2) is 5.06 Å². The summed E-state index contributed by atoms with van der Waals surface area (Å²) in [5.41, 5.74) is 0. The van der Waals surface area contributed by atoms with Crippen LogP contribution in [0.15, 0.2) is 17.3 Å². The van der Waals surface area contributed by atoms with Crippen LogP contribution in [0.1, 0.15) is 0 Å². The van der Waals surface area contributed by atoms with Gasteiger partial charge in [0.2, 0.25) is 0 Å². The van der Waals surface area contributed by atoms with Crippen LogP contribution in [-0.4, -0.2) is 23.5 Å². The number of nitrogens with zero attached hydrogens (tertiary/aromatic N) is 2. The van der Waals surface area contributed by atoms with Gasteiger partial charge in [0, 0.05) is 12.4 Å². The molecule has 1 rings (SSSR count). The Bertz CT molecular complexity index is 146. The molecule has 0 aromatic rings. The predicted octanol–water partition coefficient (Wildman–Crippen LogP) is 1.13. The van der Waals surface area contributed by atoms with Crippen LogP contribution in [0.4, 0.5) is 0 Å². The van der Waals surface area contributed by atoms with Crippen molar-refractivity contribution in [1.82, 2.24) is 5.06 Å². The first kappa shape index (κ1) is 6.77. The van der Waals surface area contributed by atoms with Crippen LogP contribution in [0.25, 0.3) is 0 Å². The molecule has 0 saturated heterocycles. The van der Waals surface area contributed by atoms with E-state index >= 15 is 0 Å². The maximum Gasteiger partial charge on any atom is 0.200 e. The number of hydrogen-bond acceptors (Lipinski definition) is 3. The average Bonchev–Trinajstić information content (AvgIpc) is 1.89. The number of hydroxylamine groups is 2. The summed E-state index contributed by atoms with van der Waals surface area (Å²) in [6.45, 7) is 0. The normalized spacial score (nSPS) is 25.1. The smallest absolute Gasteiger partial charge is 0.200 e. The molecule has 9 heavy (non-hydrogen) atoms. The first-order chi connectivity index (χ1) is 4.34. The van der Waals surface area contributed by atoms with Crippen molar-refractivity contribution in [2.75, 3.05) is 7.11 Å². The van der Waals surface area contributed by atoms with E-state index in [0.717, 1.165) is 0 Å². The summed E-state index contributed by atoms with van der Waals surface area (Å²) >= 11 is 3.27. The summed E-state index contributed by atoms with van der Waals surface area (Å²) in [4.78, 5) is 8.88. The van der Waals surface area contributed by atoms with Gasteiger partial charge in [-0.1, -0.05) is 0 Å². The lowest BCUT2D eigenvalue weighted by molar-refractivity contribution is -0.0938. The van der Waals surface area contributed by atoms with E-state index in [0.29, 0.717) is 0 Å². The molecular weight excluding hydrogens is 184 g/mol. The second kappa shape index (κ2) is 2.98. The van der Waals surface area contributed by atoms with Crippen molar-refractivity contribution in [1.29, 1.82) is 0 Å². The topological polar surface area (TPSA) is 24.8 Å². The molecule has 0 aromatic heterocycles. The molecule has 50 valence electrons. The molecule has 0 bridgehead atoms. The van der Waals surface area contributed by atoms with Crippen LogP contribution in [0, 0.1) is 0 Å². The Kier molecular flexibility index (Phi) is 2.24. The van der Waals surface area contributed by atoms with E-state index in [2.05, 4.69) is 20.9 Å². The molecule has 0 N–H and O–H groups in total. The van der Waals surface area contributed by atoms with Gasteiger partial charge < -0.3 is 0 Å². The standard InChI is InChI=1S/C5H7BrN2O/c1-9-8-4-2-3-7-5(8)6/h2-5H,1H3. The van der Waals surface area contributed by atoms with Gasteiger partial charge in [-0.05, 0) is 22.0 Å². The van der Waals surface area contributed by atoms with E-state index < -0.39 is 0 Å². The molecule has 0 fully saturated rings. The highest BCUT2D eigenvalue weighted by molar-refractivity contribution is 9.09. The Morgan fingerprint density at radius 2 is 2.56 bits per heavy atom. The van der Waals surface area contributed by atoms with Crippen molar-refractivity contribution in [2.24, 2.45) is 4.99 Å². The SMILES string of the molecule is CON1C=CC=NC1Br. The molecule has 0 aromatic carbocycles. The maximum absolute atomic E-state index is 4.89. The van der Waals surface area contributed by atoms with Gasteiger partial charge >= 0.3 is 0 Å². The van der Waals surface area contributed by atoms with E-state index in [4.69, 9.17) is 4.84 Å². The Morgan fingerprint density at radius 1 is 1.78 bits per heavy atom. The molecule has 1 aliphatic rings. The first-order valence-electron chi connectivity index (χ1n) is 2.51. The third kappa shape index (κ3) is 1.53. The van der Waals surface area contributed by atoms with Crippen LogP contribution >= 0.6 is 15.9 Å². The third-order valence-corrected chi connectivity index (χ3v) is 1.59. The molecule has 0 radical (unpaired) electrons. The van der Waals surface area contributed by atoms with Crippen LogP contribution in [0.3, 0.4) is 0 Å². The highest BCUT2D eigenvalue weighted by Crippen LogP contribution is 2.11. The van der Waals surface area contributed by atoms with E-state index in [1.807, 2.05) is 0 Å². The molecule has 1 aliphatic heterocycles. The lowest BCUT2D eigenvalue weighted by Crippen LogP contribution is -2.24. The van der Waals surface area contributed by atoms with Crippen molar-refractivity contribution in [3.63, 3.8) is 0 Å². The highest BCUT2D eigenvalue weighted by atomic mass is 79.9. The first-order valence-corrected chi connectivity index (χ1v) is 3.42. The fourth-order valence-electron chi connectivity index (χ4n) is 0.529. The summed E-state index contributed by atoms with van der Waals surface area (Å²) in [6, 6.07) is 0. The average molecular weight is 191 g/mol. The maximum atomic E-state index is 4.89. The molecule has 3 nitrogen and oxygen atoms in total. The quantitative estimate of drug-likeness (QED) is 0.458. The summed E-state index contributed by atoms with van der Waals surface area (Å²) in [7, 11) is 1.60. The number of alkyl halides is 1. The summed E-state index contributed by atoms with van der Waals surface area (Å²) in [5, 5.41) is 1.52. The number of allylic oxidation sites excluding steroid dienone is 1. The molecule has 0 aliphatic carbocycles. The zero-order valence-corrected chi connectivity index (χ0v) is 6.58. The largest absolute Gasteiger partial charge is 0.274 e. The zero-order chi connectivity index (χ0) is 6.69. The van der Waals surface area contributed by atoms with Gasteiger partial charge in [-0.3, -0.25) is 9.83 Å². The number of aliphatic imine (C=N–C) groups is 1. The van der Waals surface area contributed by atoms with Crippen molar-refractivity contribution >= 4 is 22.1 Å². The lowest BCUT2D eigenvalue weighted by Gasteiger charge is -2.21. The predicted molar refractivity (Wildman–Crippen MR) is 39.2 cm³/mol. The van der Waals surface area contributed by atoms with Gasteiger partial charge in [0.1, 0.15) is 0 Å². The monoisotopic (exact) mass is 190 g/mol. The molecule has 1 heterocycles. The molecule has 1 unspecified atom stereocenters. The van der Waals surface area contributed by atoms with Crippen LogP contribution in [-0.2, 0) is 4.84 Å². The van der Waals surface area contributed by atoms with Gasteiger partial charge in [0.15, 0.2) is 5.08 Å². The minimum atomic E-state index is -0.0764. The van der Waals surface area contributed by atoms with E-state index in [-0.39, 0.29) is 5.08 Å². The van der Waals surface area contributed by atoms with E-state index in [1.165, 1.54) is 0 Å². The van der Waals surface area contributed by atoms with Crippen molar-refractivity contribution in [3.8, 4) is 0 Å². The summed E-state index contributed by atoms with van der Waals surface area (Å²) in [5.74, 6) is 0. The Morgan fingerprint density at radius 3 is 3.00 bits per heavy atom. The zero-order valence-electron chi connectivity index (χ0n) is 4.99. The third-order valence-electron chi connectivity index (χ3n) is 0.949. The van der Waals surface area contributed by atoms with Gasteiger partial charge in [-0.15, -0.1) is 0 Å². The van der Waals surface area contributed by atoms with E-state index in [9.17, 15) is 0 Å². The Labute approximate surface area is 62.1 Å². The highest BCUT2D eigenvalue weighted by Gasteiger charge is 2.09. The Balaban J connectivity index is 2.55. The molecule has 0 saturated carbocycles. The summed E-state index contributed by atoms with van der Waals surface area (Å²) in [6.07, 6.45) is 5.32. The summed E-state index contributed by atoms with van der Waals surface area (Å²) < 4.78 is 0. The van der Waals surface area contributed by atoms with Crippen LogP contribution in [0.5, 0.6) is 0 Å². The Hall–Kier alpha value is -0.350. The number of hydrogen-bond donors (Lipinski definition) is 0. The molecule has 4 heteroatoms. The van der Waals surface area contributed by atoms with Gasteiger partial charge in [-0.2, -0.15) is 0 Å². The number of halogens is 1. The molecule has 0 amide bonds. The van der Waals surface area contributed by atoms with E-state index in [1.54, 1.807) is 30.7 Å². The van der Waals surface area contributed by atoms with Gasteiger partial charge in [0.05, 0.1) is 7.11 Å². The fourth-order valence-corrected chi connectivity index (χ4v) is 0.969. The second-order valence-corrected chi connectivity index (χ2v) is 2.31. The molecule has 0 spiro atoms. The van der Waals surface area contributed by atoms with Gasteiger partial charge in [0.25, 0.3) is 0 Å². The second-order valence-electron chi connectivity index (χ2n) is 1.49. The van der Waals surface area contributed by atoms with Crippen molar-refractivity contribution in [2.45, 2.75) is 5.08 Å².